The Morgan fingerprint density at radius 3 is 2.35 bits per heavy atom. The minimum absolute atomic E-state index is 0.113. The quantitative estimate of drug-likeness (QED) is 0.739. The van der Waals surface area contributed by atoms with Crippen molar-refractivity contribution < 1.29 is 18.0 Å². The molecule has 0 spiro atoms. The van der Waals surface area contributed by atoms with E-state index in [1.165, 1.54) is 6.07 Å². The summed E-state index contributed by atoms with van der Waals surface area (Å²) >= 11 is 0. The summed E-state index contributed by atoms with van der Waals surface area (Å²) in [6.45, 7) is 0. The molecule has 4 nitrogen and oxygen atoms in total. The van der Waals surface area contributed by atoms with Gasteiger partial charge in [0.05, 0.1) is 5.69 Å². The van der Waals surface area contributed by atoms with Crippen molar-refractivity contribution in [2.45, 2.75) is 0 Å². The van der Waals surface area contributed by atoms with Crippen molar-refractivity contribution in [1.82, 2.24) is 0 Å². The number of benzene rings is 2. The predicted octanol–water partition coefficient (Wildman–Crippen LogP) is 3.33. The van der Waals surface area contributed by atoms with Gasteiger partial charge in [-0.3, -0.25) is 0 Å². The summed E-state index contributed by atoms with van der Waals surface area (Å²) in [5.74, 6) is -2.29. The summed E-state index contributed by atoms with van der Waals surface area (Å²) in [5, 5.41) is 4.45. The lowest BCUT2D eigenvalue weighted by Gasteiger charge is -2.09. The molecule has 20 heavy (non-hydrogen) atoms. The Kier molecular flexibility index (Phi) is 3.79. The lowest BCUT2D eigenvalue weighted by molar-refractivity contribution is 0.262. The van der Waals surface area contributed by atoms with E-state index >= 15 is 0 Å². The molecule has 0 atom stereocenters. The summed E-state index contributed by atoms with van der Waals surface area (Å²) in [4.78, 5) is 11.6. The molecule has 104 valence electrons. The molecule has 7 heteroatoms. The standard InChI is InChI=1S/C13H10F3N3O/c14-7-1-2-12(11(16)5-7)19-13(20)18-10-4-8(15)3-9(17)6-10/h1-6H,17H2,(H2,18,19,20). The maximum Gasteiger partial charge on any atom is 0.323 e. The van der Waals surface area contributed by atoms with Gasteiger partial charge < -0.3 is 16.4 Å². The number of carbonyl (C=O) groups excluding carboxylic acids is 1. The number of hydrogen-bond acceptors (Lipinski definition) is 2. The Hall–Kier alpha value is -2.70. The fraction of sp³-hybridized carbons (Fsp3) is 0. The monoisotopic (exact) mass is 281 g/mol. The Morgan fingerprint density at radius 1 is 0.950 bits per heavy atom. The maximum absolute atomic E-state index is 13.3. The first-order valence-electron chi connectivity index (χ1n) is 5.53. The van der Waals surface area contributed by atoms with Crippen molar-refractivity contribution in [3.05, 3.63) is 53.8 Å². The molecule has 2 rings (SSSR count). The van der Waals surface area contributed by atoms with Gasteiger partial charge in [-0.1, -0.05) is 0 Å². The number of nitrogens with one attached hydrogen (secondary N) is 2. The van der Waals surface area contributed by atoms with Gasteiger partial charge in [-0.25, -0.2) is 18.0 Å². The SMILES string of the molecule is Nc1cc(F)cc(NC(=O)Nc2ccc(F)cc2F)c1. The molecule has 0 aromatic heterocycles. The molecule has 0 saturated carbocycles. The van der Waals surface area contributed by atoms with Crippen LogP contribution in [0.5, 0.6) is 0 Å². The maximum atomic E-state index is 13.3. The molecule has 0 aliphatic carbocycles. The van der Waals surface area contributed by atoms with E-state index in [-0.39, 0.29) is 17.1 Å². The Morgan fingerprint density at radius 2 is 1.70 bits per heavy atom. The molecule has 2 aromatic rings. The van der Waals surface area contributed by atoms with Gasteiger partial charge >= 0.3 is 6.03 Å². The normalized spacial score (nSPS) is 10.2. The number of amides is 2. The second-order valence-electron chi connectivity index (χ2n) is 3.98. The van der Waals surface area contributed by atoms with E-state index in [1.807, 2.05) is 0 Å². The number of anilines is 3. The van der Waals surface area contributed by atoms with E-state index in [9.17, 15) is 18.0 Å². The largest absolute Gasteiger partial charge is 0.399 e. The third-order valence-electron chi connectivity index (χ3n) is 2.36. The van der Waals surface area contributed by atoms with Gasteiger partial charge in [0.15, 0.2) is 0 Å². The van der Waals surface area contributed by atoms with Crippen LogP contribution in [0.3, 0.4) is 0 Å². The van der Waals surface area contributed by atoms with Crippen LogP contribution in [0.15, 0.2) is 36.4 Å². The topological polar surface area (TPSA) is 67.1 Å². The van der Waals surface area contributed by atoms with Crippen LogP contribution in [0.25, 0.3) is 0 Å². The minimum atomic E-state index is -0.918. The van der Waals surface area contributed by atoms with Crippen molar-refractivity contribution >= 4 is 23.1 Å². The number of urea groups is 1. The predicted molar refractivity (Wildman–Crippen MR) is 69.8 cm³/mol. The molecule has 0 aliphatic heterocycles. The third-order valence-corrected chi connectivity index (χ3v) is 2.36. The highest BCUT2D eigenvalue weighted by Crippen LogP contribution is 2.17. The Balaban J connectivity index is 2.09. The molecule has 2 aromatic carbocycles. The van der Waals surface area contributed by atoms with E-state index in [1.54, 1.807) is 0 Å². The fourth-order valence-corrected chi connectivity index (χ4v) is 1.56. The van der Waals surface area contributed by atoms with E-state index < -0.39 is 23.5 Å². The van der Waals surface area contributed by atoms with Crippen LogP contribution < -0.4 is 16.4 Å². The third kappa shape index (κ3) is 3.41. The zero-order chi connectivity index (χ0) is 14.7. The van der Waals surface area contributed by atoms with E-state index in [4.69, 9.17) is 5.73 Å². The first kappa shape index (κ1) is 13.7. The highest BCUT2D eigenvalue weighted by molar-refractivity contribution is 6.00. The highest BCUT2D eigenvalue weighted by atomic mass is 19.1. The van der Waals surface area contributed by atoms with Crippen LogP contribution in [0.4, 0.5) is 35.0 Å². The van der Waals surface area contributed by atoms with Gasteiger partial charge in [-0.05, 0) is 30.3 Å². The summed E-state index contributed by atoms with van der Waals surface area (Å²) in [6, 6.07) is 5.38. The van der Waals surface area contributed by atoms with Crippen molar-refractivity contribution in [1.29, 1.82) is 0 Å². The molecule has 0 unspecified atom stereocenters. The van der Waals surface area contributed by atoms with Crippen molar-refractivity contribution in [2.24, 2.45) is 0 Å². The van der Waals surface area contributed by atoms with E-state index in [2.05, 4.69) is 10.6 Å². The number of rotatable bonds is 2. The molecule has 0 fully saturated rings. The summed E-state index contributed by atoms with van der Waals surface area (Å²) in [7, 11) is 0. The molecule has 4 N–H and O–H groups in total. The van der Waals surface area contributed by atoms with Gasteiger partial charge in [0.1, 0.15) is 17.5 Å². The number of nitrogen functional groups attached to an aromatic ring is 1. The minimum Gasteiger partial charge on any atom is -0.399 e. The first-order valence-corrected chi connectivity index (χ1v) is 5.53. The summed E-state index contributed by atoms with van der Waals surface area (Å²) in [6.07, 6.45) is 0. The highest BCUT2D eigenvalue weighted by Gasteiger charge is 2.09. The fourth-order valence-electron chi connectivity index (χ4n) is 1.56. The van der Waals surface area contributed by atoms with Crippen molar-refractivity contribution in [3.8, 4) is 0 Å². The Bertz CT molecular complexity index is 641. The van der Waals surface area contributed by atoms with Crippen molar-refractivity contribution in [3.63, 3.8) is 0 Å². The molecule has 2 amide bonds. The zero-order valence-electron chi connectivity index (χ0n) is 10.1. The molecule has 0 bridgehead atoms. The second-order valence-corrected chi connectivity index (χ2v) is 3.98. The lowest BCUT2D eigenvalue weighted by atomic mass is 10.2. The zero-order valence-corrected chi connectivity index (χ0v) is 10.1. The van der Waals surface area contributed by atoms with Gasteiger partial charge in [-0.15, -0.1) is 0 Å². The average Bonchev–Trinajstić information content (AvgIpc) is 2.31. The number of hydrogen-bond donors (Lipinski definition) is 3. The van der Waals surface area contributed by atoms with E-state index in [0.717, 1.165) is 24.3 Å². The average molecular weight is 281 g/mol. The lowest BCUT2D eigenvalue weighted by Crippen LogP contribution is -2.20. The van der Waals surface area contributed by atoms with Crippen LogP contribution in [-0.4, -0.2) is 6.03 Å². The number of carbonyl (C=O) groups is 1. The second kappa shape index (κ2) is 5.52. The molecule has 0 saturated heterocycles. The van der Waals surface area contributed by atoms with E-state index in [0.29, 0.717) is 6.07 Å². The number of nitrogens with two attached hydrogens (primary N) is 1. The van der Waals surface area contributed by atoms with Gasteiger partial charge in [0.2, 0.25) is 0 Å². The van der Waals surface area contributed by atoms with Gasteiger partial charge in [0, 0.05) is 17.4 Å². The van der Waals surface area contributed by atoms with Gasteiger partial charge in [0.25, 0.3) is 0 Å². The van der Waals surface area contributed by atoms with Crippen molar-refractivity contribution in [2.75, 3.05) is 16.4 Å². The number of halogens is 3. The van der Waals surface area contributed by atoms with Crippen LogP contribution in [0.1, 0.15) is 0 Å². The molecule has 0 radical (unpaired) electrons. The summed E-state index contributed by atoms with van der Waals surface area (Å²) < 4.78 is 39.1. The van der Waals surface area contributed by atoms with Crippen LogP contribution in [0, 0.1) is 17.5 Å². The van der Waals surface area contributed by atoms with Crippen LogP contribution in [0.2, 0.25) is 0 Å². The smallest absolute Gasteiger partial charge is 0.323 e. The first-order chi connectivity index (χ1) is 9.44. The summed E-state index contributed by atoms with van der Waals surface area (Å²) in [5.41, 5.74) is 5.46. The Labute approximate surface area is 112 Å². The van der Waals surface area contributed by atoms with Crippen LogP contribution >= 0.6 is 0 Å². The molecular weight excluding hydrogens is 271 g/mol. The molecular formula is C13H10F3N3O. The molecule has 0 heterocycles. The van der Waals surface area contributed by atoms with Crippen LogP contribution in [-0.2, 0) is 0 Å². The molecule has 0 aliphatic rings. The van der Waals surface area contributed by atoms with Gasteiger partial charge in [-0.2, -0.15) is 0 Å².